The van der Waals surface area contributed by atoms with Gasteiger partial charge in [-0.2, -0.15) is 0 Å². The molecule has 0 saturated heterocycles. The van der Waals surface area contributed by atoms with E-state index >= 15 is 0 Å². The number of nitrogen functional groups attached to an aromatic ring is 1. The van der Waals surface area contributed by atoms with Crippen LogP contribution in [0, 0.1) is 5.41 Å². The topological polar surface area (TPSA) is 106 Å². The fourth-order valence-electron chi connectivity index (χ4n) is 1.32. The van der Waals surface area contributed by atoms with Gasteiger partial charge in [0.2, 0.25) is 11.9 Å². The van der Waals surface area contributed by atoms with Gasteiger partial charge in [-0.05, 0) is 11.8 Å². The minimum absolute atomic E-state index is 0.0966. The van der Waals surface area contributed by atoms with E-state index < -0.39 is 0 Å². The van der Waals surface area contributed by atoms with Crippen LogP contribution in [0.2, 0.25) is 0 Å². The summed E-state index contributed by atoms with van der Waals surface area (Å²) >= 11 is 0. The van der Waals surface area contributed by atoms with E-state index in [2.05, 4.69) is 15.4 Å². The van der Waals surface area contributed by atoms with E-state index in [1.807, 2.05) is 13.8 Å². The van der Waals surface area contributed by atoms with Gasteiger partial charge in [-0.25, -0.2) is 9.67 Å². The van der Waals surface area contributed by atoms with Crippen molar-refractivity contribution in [1.29, 1.82) is 0 Å². The highest BCUT2D eigenvalue weighted by molar-refractivity contribution is 5.75. The first-order valence-corrected chi connectivity index (χ1v) is 5.45. The zero-order valence-electron chi connectivity index (χ0n) is 10.2. The number of nitrogens with two attached hydrogens (primary N) is 1. The average Bonchev–Trinajstić information content (AvgIpc) is 2.61. The van der Waals surface area contributed by atoms with Crippen molar-refractivity contribution in [3.05, 3.63) is 6.33 Å². The maximum absolute atomic E-state index is 11.6. The van der Waals surface area contributed by atoms with Gasteiger partial charge in [-0.1, -0.05) is 13.8 Å². The number of rotatable bonds is 6. The summed E-state index contributed by atoms with van der Waals surface area (Å²) < 4.78 is 1.38. The lowest BCUT2D eigenvalue weighted by atomic mass is 9.90. The SMILES string of the molecule is CC(C)(CCO)CNC(=O)Cn1cnc(N)n1. The van der Waals surface area contributed by atoms with E-state index in [1.54, 1.807) is 0 Å². The molecule has 1 rings (SSSR count). The summed E-state index contributed by atoms with van der Waals surface area (Å²) in [6, 6.07) is 0. The molecule has 7 heteroatoms. The lowest BCUT2D eigenvalue weighted by molar-refractivity contribution is -0.122. The van der Waals surface area contributed by atoms with Gasteiger partial charge in [-0.3, -0.25) is 4.79 Å². The zero-order valence-corrected chi connectivity index (χ0v) is 10.2. The van der Waals surface area contributed by atoms with Crippen molar-refractivity contribution >= 4 is 11.9 Å². The molecule has 4 N–H and O–H groups in total. The Morgan fingerprint density at radius 2 is 2.35 bits per heavy atom. The van der Waals surface area contributed by atoms with E-state index in [4.69, 9.17) is 10.8 Å². The summed E-state index contributed by atoms with van der Waals surface area (Å²) in [6.07, 6.45) is 2.05. The van der Waals surface area contributed by atoms with Crippen molar-refractivity contribution in [1.82, 2.24) is 20.1 Å². The van der Waals surface area contributed by atoms with E-state index in [1.165, 1.54) is 11.0 Å². The molecule has 0 aliphatic rings. The first kappa shape index (κ1) is 13.4. The molecular formula is C10H19N5O2. The number of nitrogens with zero attached hydrogens (tertiary/aromatic N) is 3. The summed E-state index contributed by atoms with van der Waals surface area (Å²) in [5, 5.41) is 15.5. The molecule has 0 aromatic carbocycles. The van der Waals surface area contributed by atoms with Crippen molar-refractivity contribution in [2.45, 2.75) is 26.8 Å². The second-order valence-electron chi connectivity index (χ2n) is 4.71. The third-order valence-corrected chi connectivity index (χ3v) is 2.41. The Hall–Kier alpha value is -1.63. The van der Waals surface area contributed by atoms with Crippen molar-refractivity contribution in [2.75, 3.05) is 18.9 Å². The maximum Gasteiger partial charge on any atom is 0.241 e. The van der Waals surface area contributed by atoms with Crippen LogP contribution in [0.5, 0.6) is 0 Å². The summed E-state index contributed by atoms with van der Waals surface area (Å²) in [4.78, 5) is 15.3. The van der Waals surface area contributed by atoms with Gasteiger partial charge in [-0.15, -0.1) is 5.10 Å². The fourth-order valence-corrected chi connectivity index (χ4v) is 1.32. The molecule has 0 saturated carbocycles. The van der Waals surface area contributed by atoms with Crippen LogP contribution in [0.25, 0.3) is 0 Å². The van der Waals surface area contributed by atoms with Gasteiger partial charge < -0.3 is 16.2 Å². The molecule has 0 aliphatic heterocycles. The summed E-state index contributed by atoms with van der Waals surface area (Å²) in [5.74, 6) is -0.000625. The van der Waals surface area contributed by atoms with Gasteiger partial charge in [0.15, 0.2) is 0 Å². The van der Waals surface area contributed by atoms with Gasteiger partial charge in [0.25, 0.3) is 0 Å². The molecule has 0 fully saturated rings. The molecule has 1 aromatic heterocycles. The van der Waals surface area contributed by atoms with E-state index in [0.717, 1.165) is 0 Å². The lowest BCUT2D eigenvalue weighted by Gasteiger charge is -2.23. The predicted molar refractivity (Wildman–Crippen MR) is 62.9 cm³/mol. The average molecular weight is 241 g/mol. The molecule has 7 nitrogen and oxygen atoms in total. The van der Waals surface area contributed by atoms with Gasteiger partial charge in [0.05, 0.1) is 0 Å². The maximum atomic E-state index is 11.6. The van der Waals surface area contributed by atoms with Crippen LogP contribution in [-0.2, 0) is 11.3 Å². The standard InChI is InChI=1S/C10H19N5O2/c1-10(2,3-4-16)6-12-8(17)5-15-7-13-9(11)14-15/h7,16H,3-6H2,1-2H3,(H2,11,14)(H,12,17). The Kier molecular flexibility index (Phi) is 4.45. The third-order valence-electron chi connectivity index (χ3n) is 2.41. The number of carbonyl (C=O) groups is 1. The minimum Gasteiger partial charge on any atom is -0.396 e. The number of aliphatic hydroxyl groups is 1. The molecule has 0 spiro atoms. The molecule has 0 atom stereocenters. The molecule has 17 heavy (non-hydrogen) atoms. The Bertz CT molecular complexity index is 375. The molecule has 96 valence electrons. The number of carbonyl (C=O) groups excluding carboxylic acids is 1. The number of aliphatic hydroxyl groups excluding tert-OH is 1. The number of anilines is 1. The number of aromatic nitrogens is 3. The number of nitrogens with one attached hydrogen (secondary N) is 1. The predicted octanol–water partition coefficient (Wildman–Crippen LogP) is -0.615. The second-order valence-corrected chi connectivity index (χ2v) is 4.71. The van der Waals surface area contributed by atoms with Gasteiger partial charge >= 0.3 is 0 Å². The van der Waals surface area contributed by atoms with E-state index in [0.29, 0.717) is 13.0 Å². The molecule has 0 radical (unpaired) electrons. The third kappa shape index (κ3) is 4.81. The van der Waals surface area contributed by atoms with E-state index in [-0.39, 0.29) is 30.4 Å². The molecule has 0 aliphatic carbocycles. The quantitative estimate of drug-likeness (QED) is 0.615. The summed E-state index contributed by atoms with van der Waals surface area (Å²) in [6.45, 7) is 4.69. The lowest BCUT2D eigenvalue weighted by Crippen LogP contribution is -2.36. The first-order chi connectivity index (χ1) is 7.93. The number of hydrogen-bond donors (Lipinski definition) is 3. The second kappa shape index (κ2) is 5.62. The molecule has 1 aromatic rings. The molecule has 0 bridgehead atoms. The smallest absolute Gasteiger partial charge is 0.241 e. The molecule has 1 heterocycles. The molecule has 0 unspecified atom stereocenters. The van der Waals surface area contributed by atoms with Crippen LogP contribution in [0.4, 0.5) is 5.95 Å². The highest BCUT2D eigenvalue weighted by Crippen LogP contribution is 2.17. The number of amides is 1. The highest BCUT2D eigenvalue weighted by Gasteiger charge is 2.18. The van der Waals surface area contributed by atoms with Crippen molar-refractivity contribution in [3.63, 3.8) is 0 Å². The zero-order chi connectivity index (χ0) is 12.9. The summed E-state index contributed by atoms with van der Waals surface area (Å²) in [7, 11) is 0. The first-order valence-electron chi connectivity index (χ1n) is 5.45. The van der Waals surface area contributed by atoms with Crippen molar-refractivity contribution in [3.8, 4) is 0 Å². The molecular weight excluding hydrogens is 222 g/mol. The van der Waals surface area contributed by atoms with Crippen LogP contribution < -0.4 is 11.1 Å². The largest absolute Gasteiger partial charge is 0.396 e. The van der Waals surface area contributed by atoms with Gasteiger partial charge in [0, 0.05) is 13.2 Å². The molecule has 1 amide bonds. The van der Waals surface area contributed by atoms with Crippen molar-refractivity contribution in [2.24, 2.45) is 5.41 Å². The van der Waals surface area contributed by atoms with Crippen LogP contribution in [-0.4, -0.2) is 38.9 Å². The normalized spacial score (nSPS) is 11.5. The highest BCUT2D eigenvalue weighted by atomic mass is 16.3. The van der Waals surface area contributed by atoms with E-state index in [9.17, 15) is 4.79 Å². The Morgan fingerprint density at radius 1 is 1.65 bits per heavy atom. The van der Waals surface area contributed by atoms with Crippen LogP contribution >= 0.6 is 0 Å². The van der Waals surface area contributed by atoms with Crippen LogP contribution in [0.15, 0.2) is 6.33 Å². The Morgan fingerprint density at radius 3 is 2.88 bits per heavy atom. The summed E-state index contributed by atoms with van der Waals surface area (Å²) in [5.41, 5.74) is 5.22. The van der Waals surface area contributed by atoms with Crippen molar-refractivity contribution < 1.29 is 9.90 Å². The Balaban J connectivity index is 2.35. The monoisotopic (exact) mass is 241 g/mol. The van der Waals surface area contributed by atoms with Crippen LogP contribution in [0.3, 0.4) is 0 Å². The Labute approximate surface area is 100 Å². The van der Waals surface area contributed by atoms with Gasteiger partial charge in [0.1, 0.15) is 12.9 Å². The minimum atomic E-state index is -0.152. The van der Waals surface area contributed by atoms with Crippen LogP contribution in [0.1, 0.15) is 20.3 Å². The number of hydrogen-bond acceptors (Lipinski definition) is 5. The fraction of sp³-hybridized carbons (Fsp3) is 0.700.